The van der Waals surface area contributed by atoms with Gasteiger partial charge < -0.3 is 14.2 Å². The quantitative estimate of drug-likeness (QED) is 0.485. The molecule has 3 aromatic rings. The minimum absolute atomic E-state index is 0.0315. The third kappa shape index (κ3) is 5.51. The Kier molecular flexibility index (Phi) is 7.26. The minimum Gasteiger partial charge on any atom is -0.494 e. The first-order valence-corrected chi connectivity index (χ1v) is 11.8. The molecule has 0 bridgehead atoms. The molecule has 0 radical (unpaired) electrons. The highest BCUT2D eigenvalue weighted by Gasteiger charge is 2.33. The van der Waals surface area contributed by atoms with Gasteiger partial charge >= 0.3 is 0 Å². The molecule has 3 rings (SSSR count). The zero-order valence-electron chi connectivity index (χ0n) is 18.4. The van der Waals surface area contributed by atoms with Crippen molar-refractivity contribution < 1.29 is 22.5 Å². The van der Waals surface area contributed by atoms with Crippen LogP contribution >= 0.6 is 0 Å². The van der Waals surface area contributed by atoms with Crippen molar-refractivity contribution in [2.24, 2.45) is 0 Å². The number of carbonyl (C=O) groups excluding carboxylic acids is 1. The van der Waals surface area contributed by atoms with Crippen LogP contribution in [-0.4, -0.2) is 60.6 Å². The molecule has 32 heavy (non-hydrogen) atoms. The Bertz CT molecular complexity index is 1150. The number of sulfonamides is 1. The van der Waals surface area contributed by atoms with E-state index >= 15 is 0 Å². The third-order valence-electron chi connectivity index (χ3n) is 4.88. The molecule has 170 valence electrons. The van der Waals surface area contributed by atoms with Gasteiger partial charge in [0.25, 0.3) is 0 Å². The highest BCUT2D eigenvalue weighted by molar-refractivity contribution is 7.88. The SMILES string of the molecule is CCOc1ccc(-c2noc(CN(C)C(=O)[C@H](c3ccccc3)N(C)S(C)(=O)=O)n2)cc1. The number of hydrogen-bond donors (Lipinski definition) is 0. The van der Waals surface area contributed by atoms with Crippen LogP contribution in [0.15, 0.2) is 59.1 Å². The third-order valence-corrected chi connectivity index (χ3v) is 6.13. The van der Waals surface area contributed by atoms with Crippen molar-refractivity contribution >= 4 is 15.9 Å². The van der Waals surface area contributed by atoms with Gasteiger partial charge in [-0.05, 0) is 36.8 Å². The summed E-state index contributed by atoms with van der Waals surface area (Å²) in [5.74, 6) is 0.951. The molecule has 0 spiro atoms. The zero-order chi connectivity index (χ0) is 23.3. The van der Waals surface area contributed by atoms with Gasteiger partial charge in [0, 0.05) is 19.7 Å². The van der Waals surface area contributed by atoms with Crippen LogP contribution in [0.3, 0.4) is 0 Å². The summed E-state index contributed by atoms with van der Waals surface area (Å²) in [7, 11) is -0.668. The fraction of sp³-hybridized carbons (Fsp3) is 0.318. The van der Waals surface area contributed by atoms with Gasteiger partial charge in [-0.2, -0.15) is 9.29 Å². The van der Waals surface area contributed by atoms with Gasteiger partial charge in [0.15, 0.2) is 0 Å². The topological polar surface area (TPSA) is 106 Å². The molecule has 0 aliphatic carbocycles. The van der Waals surface area contributed by atoms with Crippen molar-refractivity contribution in [2.45, 2.75) is 19.5 Å². The summed E-state index contributed by atoms with van der Waals surface area (Å²) in [4.78, 5) is 19.0. The van der Waals surface area contributed by atoms with E-state index in [2.05, 4.69) is 10.1 Å². The minimum atomic E-state index is -3.62. The summed E-state index contributed by atoms with van der Waals surface area (Å²) in [6.45, 7) is 2.52. The lowest BCUT2D eigenvalue weighted by Crippen LogP contribution is -2.41. The molecule has 0 saturated heterocycles. The van der Waals surface area contributed by atoms with Gasteiger partial charge in [-0.1, -0.05) is 35.5 Å². The van der Waals surface area contributed by atoms with E-state index in [9.17, 15) is 13.2 Å². The first-order valence-electron chi connectivity index (χ1n) is 9.99. The number of rotatable bonds is 9. The van der Waals surface area contributed by atoms with Crippen LogP contribution in [0.5, 0.6) is 5.75 Å². The molecule has 0 aliphatic rings. The van der Waals surface area contributed by atoms with Crippen LogP contribution in [0.1, 0.15) is 24.4 Å². The summed E-state index contributed by atoms with van der Waals surface area (Å²) < 4.78 is 36.1. The second-order valence-electron chi connectivity index (χ2n) is 7.26. The maximum Gasteiger partial charge on any atom is 0.246 e. The smallest absolute Gasteiger partial charge is 0.246 e. The van der Waals surface area contributed by atoms with E-state index in [0.29, 0.717) is 18.0 Å². The van der Waals surface area contributed by atoms with E-state index < -0.39 is 22.0 Å². The highest BCUT2D eigenvalue weighted by atomic mass is 32.2. The molecule has 2 aromatic carbocycles. The van der Waals surface area contributed by atoms with Crippen molar-refractivity contribution in [1.82, 2.24) is 19.3 Å². The Morgan fingerprint density at radius 1 is 1.09 bits per heavy atom. The zero-order valence-corrected chi connectivity index (χ0v) is 19.2. The van der Waals surface area contributed by atoms with Crippen LogP contribution in [-0.2, 0) is 21.4 Å². The lowest BCUT2D eigenvalue weighted by Gasteiger charge is -2.29. The lowest BCUT2D eigenvalue weighted by molar-refractivity contribution is -0.134. The lowest BCUT2D eigenvalue weighted by atomic mass is 10.1. The number of nitrogens with zero attached hydrogens (tertiary/aromatic N) is 4. The van der Waals surface area contributed by atoms with Crippen LogP contribution in [0.25, 0.3) is 11.4 Å². The van der Waals surface area contributed by atoms with Gasteiger partial charge in [-0.25, -0.2) is 8.42 Å². The average molecular weight is 459 g/mol. The van der Waals surface area contributed by atoms with E-state index in [0.717, 1.165) is 21.9 Å². The van der Waals surface area contributed by atoms with Gasteiger partial charge in [0.1, 0.15) is 11.8 Å². The van der Waals surface area contributed by atoms with Gasteiger partial charge in [-0.3, -0.25) is 4.79 Å². The largest absolute Gasteiger partial charge is 0.494 e. The van der Waals surface area contributed by atoms with Gasteiger partial charge in [0.05, 0.1) is 19.4 Å². The first-order chi connectivity index (χ1) is 15.2. The summed E-state index contributed by atoms with van der Waals surface area (Å²) >= 11 is 0. The number of aromatic nitrogens is 2. The molecular formula is C22H26N4O5S. The number of hydrogen-bond acceptors (Lipinski definition) is 7. The van der Waals surface area contributed by atoms with Crippen molar-refractivity contribution in [3.8, 4) is 17.1 Å². The molecule has 1 heterocycles. The van der Waals surface area contributed by atoms with E-state index in [1.54, 1.807) is 37.4 Å². The molecule has 1 atom stereocenters. The predicted octanol–water partition coefficient (Wildman–Crippen LogP) is 2.73. The van der Waals surface area contributed by atoms with Crippen LogP contribution in [0.2, 0.25) is 0 Å². The molecule has 0 saturated carbocycles. The summed E-state index contributed by atoms with van der Waals surface area (Å²) in [5.41, 5.74) is 1.31. The molecule has 0 aliphatic heterocycles. The van der Waals surface area contributed by atoms with E-state index in [1.807, 2.05) is 31.2 Å². The maximum atomic E-state index is 13.2. The van der Waals surface area contributed by atoms with Crippen molar-refractivity contribution in [2.75, 3.05) is 27.0 Å². The van der Waals surface area contributed by atoms with Gasteiger partial charge in [-0.15, -0.1) is 0 Å². The van der Waals surface area contributed by atoms with E-state index in [4.69, 9.17) is 9.26 Å². The van der Waals surface area contributed by atoms with Crippen molar-refractivity contribution in [3.05, 3.63) is 66.1 Å². The van der Waals surface area contributed by atoms with Crippen LogP contribution < -0.4 is 4.74 Å². The fourth-order valence-corrected chi connectivity index (χ4v) is 3.72. The number of likely N-dealkylation sites (N-methyl/N-ethyl adjacent to an activating group) is 2. The molecule has 9 nitrogen and oxygen atoms in total. The normalized spacial score (nSPS) is 12.5. The maximum absolute atomic E-state index is 13.2. The number of benzene rings is 2. The van der Waals surface area contributed by atoms with E-state index in [1.165, 1.54) is 11.9 Å². The first kappa shape index (κ1) is 23.4. The molecule has 0 fully saturated rings. The number of amides is 1. The Labute approximate surface area is 187 Å². The highest BCUT2D eigenvalue weighted by Crippen LogP contribution is 2.25. The summed E-state index contributed by atoms with van der Waals surface area (Å²) in [6, 6.07) is 15.0. The number of carbonyl (C=O) groups is 1. The second kappa shape index (κ2) is 9.92. The number of ether oxygens (including phenoxy) is 1. The summed E-state index contributed by atoms with van der Waals surface area (Å²) in [6.07, 6.45) is 1.07. The molecule has 1 amide bonds. The molecule has 1 aromatic heterocycles. The molecule has 0 unspecified atom stereocenters. The van der Waals surface area contributed by atoms with Gasteiger partial charge in [0.2, 0.25) is 27.6 Å². The Balaban J connectivity index is 1.78. The Morgan fingerprint density at radius 3 is 2.34 bits per heavy atom. The monoisotopic (exact) mass is 458 g/mol. The Hall–Kier alpha value is -3.24. The Morgan fingerprint density at radius 2 is 1.75 bits per heavy atom. The van der Waals surface area contributed by atoms with Crippen molar-refractivity contribution in [3.63, 3.8) is 0 Å². The predicted molar refractivity (Wildman–Crippen MR) is 119 cm³/mol. The standard InChI is InChI=1S/C22H26N4O5S/c1-5-30-18-13-11-17(12-14-18)21-23-19(31-24-21)15-25(2)22(27)20(26(3)32(4,28)29)16-9-7-6-8-10-16/h6-14,20H,5,15H2,1-4H3/t20-/m0/s1. The summed E-state index contributed by atoms with van der Waals surface area (Å²) in [5, 5.41) is 3.98. The van der Waals surface area contributed by atoms with E-state index in [-0.39, 0.29) is 12.4 Å². The second-order valence-corrected chi connectivity index (χ2v) is 9.30. The average Bonchev–Trinajstić information content (AvgIpc) is 3.23. The van der Waals surface area contributed by atoms with Crippen LogP contribution in [0.4, 0.5) is 0 Å². The van der Waals surface area contributed by atoms with Crippen molar-refractivity contribution in [1.29, 1.82) is 0 Å². The van der Waals surface area contributed by atoms with Crippen LogP contribution in [0, 0.1) is 0 Å². The fourth-order valence-electron chi connectivity index (χ4n) is 3.13. The molecule has 0 N–H and O–H groups in total. The molecule has 10 heteroatoms. The molecular weight excluding hydrogens is 432 g/mol.